The molecule has 1 N–H and O–H groups in total. The first kappa shape index (κ1) is 17.0. The van der Waals surface area contributed by atoms with Crippen LogP contribution < -0.4 is 5.32 Å². The van der Waals surface area contributed by atoms with Gasteiger partial charge in [0.15, 0.2) is 0 Å². The van der Waals surface area contributed by atoms with Crippen LogP contribution in [0.2, 0.25) is 0 Å². The Morgan fingerprint density at radius 1 is 0.880 bits per heavy atom. The largest absolute Gasteiger partial charge is 0.368 e. The first-order valence-corrected chi connectivity index (χ1v) is 8.04. The number of halogens is 2. The quantitative estimate of drug-likeness (QED) is 0.725. The summed E-state index contributed by atoms with van der Waals surface area (Å²) >= 11 is 0. The molecule has 0 amide bonds. The predicted molar refractivity (Wildman–Crippen MR) is 95.3 cm³/mol. The summed E-state index contributed by atoms with van der Waals surface area (Å²) in [6.45, 7) is 4.76. The minimum atomic E-state index is -0.303. The Kier molecular flexibility index (Phi) is 4.74. The maximum Gasteiger partial charge on any atom is 0.148 e. The number of hydrogen-bond donors (Lipinski definition) is 1. The van der Waals surface area contributed by atoms with Crippen LogP contribution in [0.1, 0.15) is 19.4 Å². The molecule has 0 atom stereocenters. The van der Waals surface area contributed by atoms with Crippen molar-refractivity contribution in [3.05, 3.63) is 77.9 Å². The summed E-state index contributed by atoms with van der Waals surface area (Å²) in [5.41, 5.74) is 2.13. The van der Waals surface area contributed by atoms with Crippen molar-refractivity contribution in [2.24, 2.45) is 0 Å². The molecule has 0 spiro atoms. The molecule has 128 valence electrons. The van der Waals surface area contributed by atoms with E-state index in [9.17, 15) is 8.78 Å². The number of aromatic nitrogens is 2. The Morgan fingerprint density at radius 2 is 1.64 bits per heavy atom. The molecule has 25 heavy (non-hydrogen) atoms. The Balaban J connectivity index is 1.68. The van der Waals surface area contributed by atoms with Gasteiger partial charge in [-0.05, 0) is 42.0 Å². The van der Waals surface area contributed by atoms with Gasteiger partial charge in [0.2, 0.25) is 0 Å². The van der Waals surface area contributed by atoms with Gasteiger partial charge >= 0.3 is 0 Å². The molecule has 0 fully saturated rings. The van der Waals surface area contributed by atoms with Crippen LogP contribution in [0, 0.1) is 11.6 Å². The Bertz CT molecular complexity index is 844. The summed E-state index contributed by atoms with van der Waals surface area (Å²) in [5, 5.41) is 11.5. The van der Waals surface area contributed by atoms with E-state index in [0.29, 0.717) is 23.6 Å². The molecule has 0 aliphatic heterocycles. The predicted octanol–water partition coefficient (Wildman–Crippen LogP) is 4.81. The molecule has 1 heterocycles. The molecule has 0 saturated carbocycles. The number of rotatable bonds is 5. The lowest BCUT2D eigenvalue weighted by Gasteiger charge is -2.25. The highest BCUT2D eigenvalue weighted by molar-refractivity contribution is 5.59. The SMILES string of the molecule is CC(C)(CNc1ccc(-c2cccc(F)c2)nn1)c1ccc(F)cc1. The van der Waals surface area contributed by atoms with E-state index in [2.05, 4.69) is 29.4 Å². The van der Waals surface area contributed by atoms with Crippen molar-refractivity contribution in [1.29, 1.82) is 0 Å². The fourth-order valence-electron chi connectivity index (χ4n) is 2.54. The summed E-state index contributed by atoms with van der Waals surface area (Å²) in [4.78, 5) is 0. The summed E-state index contributed by atoms with van der Waals surface area (Å²) in [5.74, 6) is 0.0872. The summed E-state index contributed by atoms with van der Waals surface area (Å²) in [6, 6.07) is 16.4. The van der Waals surface area contributed by atoms with Crippen LogP contribution in [0.4, 0.5) is 14.6 Å². The molecule has 3 nitrogen and oxygen atoms in total. The van der Waals surface area contributed by atoms with E-state index in [0.717, 1.165) is 5.56 Å². The second kappa shape index (κ2) is 6.97. The lowest BCUT2D eigenvalue weighted by atomic mass is 9.84. The second-order valence-electron chi connectivity index (χ2n) is 6.56. The van der Waals surface area contributed by atoms with E-state index >= 15 is 0 Å². The van der Waals surface area contributed by atoms with Crippen molar-refractivity contribution in [3.8, 4) is 11.3 Å². The molecular weight excluding hydrogens is 320 g/mol. The molecule has 3 aromatic rings. The minimum absolute atomic E-state index is 0.198. The number of nitrogens with zero attached hydrogens (tertiary/aromatic N) is 2. The fourth-order valence-corrected chi connectivity index (χ4v) is 2.54. The number of hydrogen-bond acceptors (Lipinski definition) is 3. The van der Waals surface area contributed by atoms with E-state index < -0.39 is 0 Å². The zero-order chi connectivity index (χ0) is 17.9. The molecule has 0 radical (unpaired) electrons. The van der Waals surface area contributed by atoms with Crippen molar-refractivity contribution in [3.63, 3.8) is 0 Å². The standard InChI is InChI=1S/C20H19F2N3/c1-20(2,15-6-8-16(21)9-7-15)13-23-19-11-10-18(24-25-19)14-4-3-5-17(22)12-14/h3-12H,13H2,1-2H3,(H,23,25). The average molecular weight is 339 g/mol. The number of benzene rings is 2. The third-order valence-electron chi connectivity index (χ3n) is 4.12. The first-order chi connectivity index (χ1) is 11.9. The van der Waals surface area contributed by atoms with Crippen molar-refractivity contribution >= 4 is 5.82 Å². The molecule has 0 bridgehead atoms. The Morgan fingerprint density at radius 3 is 2.28 bits per heavy atom. The lowest BCUT2D eigenvalue weighted by molar-refractivity contribution is 0.552. The number of anilines is 1. The zero-order valence-corrected chi connectivity index (χ0v) is 14.1. The normalized spacial score (nSPS) is 11.4. The van der Waals surface area contributed by atoms with Gasteiger partial charge in [-0.15, -0.1) is 10.2 Å². The molecule has 1 aromatic heterocycles. The van der Waals surface area contributed by atoms with Crippen LogP contribution in [0.25, 0.3) is 11.3 Å². The second-order valence-corrected chi connectivity index (χ2v) is 6.56. The van der Waals surface area contributed by atoms with E-state index in [4.69, 9.17) is 0 Å². The lowest BCUT2D eigenvalue weighted by Crippen LogP contribution is -2.28. The van der Waals surface area contributed by atoms with Crippen LogP contribution >= 0.6 is 0 Å². The third-order valence-corrected chi connectivity index (χ3v) is 4.12. The summed E-state index contributed by atoms with van der Waals surface area (Å²) in [6.07, 6.45) is 0. The van der Waals surface area contributed by atoms with Gasteiger partial charge < -0.3 is 5.32 Å². The van der Waals surface area contributed by atoms with Gasteiger partial charge in [-0.3, -0.25) is 0 Å². The van der Waals surface area contributed by atoms with Crippen molar-refractivity contribution in [1.82, 2.24) is 10.2 Å². The molecule has 5 heteroatoms. The molecule has 2 aromatic carbocycles. The van der Waals surface area contributed by atoms with Crippen LogP contribution in [0.15, 0.2) is 60.7 Å². The summed E-state index contributed by atoms with van der Waals surface area (Å²) < 4.78 is 26.4. The highest BCUT2D eigenvalue weighted by atomic mass is 19.1. The summed E-state index contributed by atoms with van der Waals surface area (Å²) in [7, 11) is 0. The molecule has 0 aliphatic rings. The zero-order valence-electron chi connectivity index (χ0n) is 14.1. The van der Waals surface area contributed by atoms with Crippen molar-refractivity contribution < 1.29 is 8.78 Å². The smallest absolute Gasteiger partial charge is 0.148 e. The topological polar surface area (TPSA) is 37.8 Å². The first-order valence-electron chi connectivity index (χ1n) is 8.04. The van der Waals surface area contributed by atoms with Gasteiger partial charge in [0.05, 0.1) is 5.69 Å². The molecule has 3 rings (SSSR count). The van der Waals surface area contributed by atoms with Crippen LogP contribution in [0.3, 0.4) is 0 Å². The van der Waals surface area contributed by atoms with Gasteiger partial charge in [-0.25, -0.2) is 8.78 Å². The monoisotopic (exact) mass is 339 g/mol. The highest BCUT2D eigenvalue weighted by Crippen LogP contribution is 2.24. The number of nitrogens with one attached hydrogen (secondary N) is 1. The average Bonchev–Trinajstić information content (AvgIpc) is 2.61. The van der Waals surface area contributed by atoms with Crippen LogP contribution in [0.5, 0.6) is 0 Å². The van der Waals surface area contributed by atoms with Gasteiger partial charge in [0, 0.05) is 17.5 Å². The van der Waals surface area contributed by atoms with E-state index in [-0.39, 0.29) is 17.0 Å². The van der Waals surface area contributed by atoms with Gasteiger partial charge in [0.25, 0.3) is 0 Å². The van der Waals surface area contributed by atoms with Crippen LogP contribution in [-0.2, 0) is 5.41 Å². The van der Waals surface area contributed by atoms with Gasteiger partial charge in [-0.2, -0.15) is 0 Å². The maximum atomic E-state index is 13.3. The minimum Gasteiger partial charge on any atom is -0.368 e. The van der Waals surface area contributed by atoms with Crippen molar-refractivity contribution in [2.45, 2.75) is 19.3 Å². The molecule has 0 saturated heterocycles. The maximum absolute atomic E-state index is 13.3. The van der Waals surface area contributed by atoms with E-state index in [1.165, 1.54) is 24.3 Å². The molecule has 0 unspecified atom stereocenters. The fraction of sp³-hybridized carbons (Fsp3) is 0.200. The van der Waals surface area contributed by atoms with E-state index in [1.807, 2.05) is 6.07 Å². The van der Waals surface area contributed by atoms with Gasteiger partial charge in [-0.1, -0.05) is 38.1 Å². The molecular formula is C20H19F2N3. The van der Waals surface area contributed by atoms with Crippen LogP contribution in [-0.4, -0.2) is 16.7 Å². The highest BCUT2D eigenvalue weighted by Gasteiger charge is 2.20. The van der Waals surface area contributed by atoms with Crippen molar-refractivity contribution in [2.75, 3.05) is 11.9 Å². The molecule has 0 aliphatic carbocycles. The Labute approximate surface area is 145 Å². The van der Waals surface area contributed by atoms with Gasteiger partial charge in [0.1, 0.15) is 17.5 Å². The Hall–Kier alpha value is -2.82. The van der Waals surface area contributed by atoms with E-state index in [1.54, 1.807) is 30.3 Å². The third kappa shape index (κ3) is 4.18.